The minimum absolute atomic E-state index is 0.384. The van der Waals surface area contributed by atoms with E-state index in [1.807, 2.05) is 0 Å². The molecule has 2 aliphatic rings. The fourth-order valence-corrected chi connectivity index (χ4v) is 9.23. The zero-order chi connectivity index (χ0) is 15.1. The van der Waals surface area contributed by atoms with Crippen LogP contribution in [0.1, 0.15) is 60.8 Å². The van der Waals surface area contributed by atoms with E-state index in [4.69, 9.17) is 4.43 Å². The van der Waals surface area contributed by atoms with Crippen LogP contribution in [0.2, 0.25) is 17.1 Å². The highest BCUT2D eigenvalue weighted by atomic mass is 28.4. The first-order chi connectivity index (χ1) is 9.33. The lowest BCUT2D eigenvalue weighted by atomic mass is 9.94. The maximum atomic E-state index is 6.91. The summed E-state index contributed by atoms with van der Waals surface area (Å²) in [6.07, 6.45) is 3.97. The van der Waals surface area contributed by atoms with Gasteiger partial charge in [0.1, 0.15) is 0 Å². The Bertz CT molecular complexity index is 411. The van der Waals surface area contributed by atoms with Gasteiger partial charge < -0.3 is 4.43 Å². The Morgan fingerprint density at radius 2 is 1.85 bits per heavy atom. The lowest BCUT2D eigenvalue weighted by Crippen LogP contribution is -2.53. The summed E-state index contributed by atoms with van der Waals surface area (Å²) in [5.41, 5.74) is 5.85. The summed E-state index contributed by atoms with van der Waals surface area (Å²) in [6, 6.07) is 1.31. The molecule has 0 N–H and O–H groups in total. The Morgan fingerprint density at radius 1 is 1.25 bits per heavy atom. The zero-order valence-electron chi connectivity index (χ0n) is 14.3. The molecular weight excluding hydrogens is 260 g/mol. The summed E-state index contributed by atoms with van der Waals surface area (Å²) in [7, 11) is -1.66. The summed E-state index contributed by atoms with van der Waals surface area (Å²) in [4.78, 5) is 0. The maximum absolute atomic E-state index is 6.91. The van der Waals surface area contributed by atoms with Crippen LogP contribution in [0.5, 0.6) is 0 Å². The molecule has 0 spiro atoms. The predicted molar refractivity (Wildman–Crippen MR) is 90.5 cm³/mol. The van der Waals surface area contributed by atoms with E-state index in [1.165, 1.54) is 36.5 Å². The standard InChI is InChI=1S/C18H32OSi/c1-8-9-17-18-15(7)14(6)10-16(18)11-20(19-17,12(2)3)13(4)5/h12-13,16-17H,6,8-11H2,1-5,7H3. The van der Waals surface area contributed by atoms with E-state index >= 15 is 0 Å². The molecule has 2 heteroatoms. The summed E-state index contributed by atoms with van der Waals surface area (Å²) in [6.45, 7) is 18.4. The van der Waals surface area contributed by atoms with E-state index in [9.17, 15) is 0 Å². The molecule has 1 nitrogen and oxygen atoms in total. The topological polar surface area (TPSA) is 9.23 Å². The monoisotopic (exact) mass is 292 g/mol. The molecule has 2 unspecified atom stereocenters. The molecule has 20 heavy (non-hydrogen) atoms. The highest BCUT2D eigenvalue weighted by Crippen LogP contribution is 2.53. The van der Waals surface area contributed by atoms with Crippen molar-refractivity contribution in [3.63, 3.8) is 0 Å². The van der Waals surface area contributed by atoms with Crippen LogP contribution in [-0.2, 0) is 4.43 Å². The Kier molecular flexibility index (Phi) is 4.65. The SMILES string of the molecule is C=C1CC2C[Si](C(C)C)(C(C)C)OC(CCC)C2=C1C. The largest absolute Gasteiger partial charge is 0.410 e. The molecule has 1 heterocycles. The first-order valence-electron chi connectivity index (χ1n) is 8.40. The highest BCUT2D eigenvalue weighted by Gasteiger charge is 2.52. The minimum Gasteiger partial charge on any atom is -0.410 e. The van der Waals surface area contributed by atoms with Crippen molar-refractivity contribution in [1.82, 2.24) is 0 Å². The summed E-state index contributed by atoms with van der Waals surface area (Å²) in [5.74, 6) is 0.740. The molecule has 0 bridgehead atoms. The molecule has 1 aliphatic heterocycles. The van der Waals surface area contributed by atoms with E-state index < -0.39 is 8.32 Å². The fraction of sp³-hybridized carbons (Fsp3) is 0.778. The predicted octanol–water partition coefficient (Wildman–Crippen LogP) is 5.84. The Balaban J connectivity index is 2.40. The van der Waals surface area contributed by atoms with Crippen molar-refractivity contribution in [1.29, 1.82) is 0 Å². The molecule has 1 saturated heterocycles. The Morgan fingerprint density at radius 3 is 2.35 bits per heavy atom. The smallest absolute Gasteiger partial charge is 0.199 e. The Labute approximate surface area is 126 Å². The van der Waals surface area contributed by atoms with Gasteiger partial charge in [-0.15, -0.1) is 0 Å². The lowest BCUT2D eigenvalue weighted by Gasteiger charge is -2.48. The fourth-order valence-electron chi connectivity index (χ4n) is 4.41. The average Bonchev–Trinajstić information content (AvgIpc) is 2.64. The van der Waals surface area contributed by atoms with Crippen LogP contribution in [0.3, 0.4) is 0 Å². The second-order valence-corrected chi connectivity index (χ2v) is 12.3. The number of allylic oxidation sites excluding steroid dienone is 2. The first kappa shape index (κ1) is 16.0. The molecule has 0 aromatic rings. The molecule has 1 fully saturated rings. The van der Waals surface area contributed by atoms with Crippen molar-refractivity contribution in [2.24, 2.45) is 5.92 Å². The molecule has 114 valence electrons. The molecule has 0 saturated carbocycles. The van der Waals surface area contributed by atoms with Crippen molar-refractivity contribution in [3.8, 4) is 0 Å². The van der Waals surface area contributed by atoms with Gasteiger partial charge >= 0.3 is 0 Å². The van der Waals surface area contributed by atoms with Crippen LogP contribution in [0.25, 0.3) is 0 Å². The van der Waals surface area contributed by atoms with Crippen molar-refractivity contribution < 1.29 is 4.43 Å². The van der Waals surface area contributed by atoms with Gasteiger partial charge in [0.2, 0.25) is 0 Å². The van der Waals surface area contributed by atoms with Crippen LogP contribution >= 0.6 is 0 Å². The molecule has 0 aromatic heterocycles. The van der Waals surface area contributed by atoms with Gasteiger partial charge in [0.05, 0.1) is 6.10 Å². The third kappa shape index (κ3) is 2.46. The molecule has 0 amide bonds. The second-order valence-electron chi connectivity index (χ2n) is 7.45. The van der Waals surface area contributed by atoms with Crippen molar-refractivity contribution in [2.45, 2.75) is 84.0 Å². The van der Waals surface area contributed by atoms with Crippen molar-refractivity contribution in [2.75, 3.05) is 0 Å². The summed E-state index contributed by atoms with van der Waals surface area (Å²) in [5, 5.41) is 0. The van der Waals surface area contributed by atoms with E-state index in [0.29, 0.717) is 17.2 Å². The van der Waals surface area contributed by atoms with Gasteiger partial charge in [-0.3, -0.25) is 0 Å². The van der Waals surface area contributed by atoms with Gasteiger partial charge in [-0.2, -0.15) is 0 Å². The van der Waals surface area contributed by atoms with Gasteiger partial charge in [0.25, 0.3) is 0 Å². The second kappa shape index (κ2) is 5.80. The summed E-state index contributed by atoms with van der Waals surface area (Å²) >= 11 is 0. The van der Waals surface area contributed by atoms with E-state index in [1.54, 1.807) is 5.57 Å². The number of hydrogen-bond donors (Lipinski definition) is 0. The van der Waals surface area contributed by atoms with Crippen LogP contribution in [0, 0.1) is 5.92 Å². The molecule has 0 radical (unpaired) electrons. The molecule has 2 atom stereocenters. The van der Waals surface area contributed by atoms with Gasteiger partial charge in [-0.05, 0) is 54.0 Å². The van der Waals surface area contributed by atoms with E-state index in [0.717, 1.165) is 5.92 Å². The molecule has 1 aliphatic carbocycles. The van der Waals surface area contributed by atoms with Crippen molar-refractivity contribution in [3.05, 3.63) is 23.3 Å². The van der Waals surface area contributed by atoms with Crippen LogP contribution in [0.15, 0.2) is 23.3 Å². The zero-order valence-corrected chi connectivity index (χ0v) is 15.3. The van der Waals surface area contributed by atoms with Crippen LogP contribution in [0.4, 0.5) is 0 Å². The van der Waals surface area contributed by atoms with Crippen molar-refractivity contribution >= 4 is 8.32 Å². The summed E-state index contributed by atoms with van der Waals surface area (Å²) < 4.78 is 6.91. The van der Waals surface area contributed by atoms with E-state index in [2.05, 4.69) is 48.1 Å². The normalized spacial score (nSPS) is 29.5. The third-order valence-corrected chi connectivity index (χ3v) is 11.4. The van der Waals surface area contributed by atoms with Gasteiger partial charge in [-0.25, -0.2) is 0 Å². The minimum atomic E-state index is -1.66. The third-order valence-electron chi connectivity index (χ3n) is 5.68. The highest BCUT2D eigenvalue weighted by molar-refractivity contribution is 6.76. The molecule has 2 rings (SSSR count). The number of rotatable bonds is 4. The van der Waals surface area contributed by atoms with Crippen LogP contribution in [-0.4, -0.2) is 14.4 Å². The van der Waals surface area contributed by atoms with E-state index in [-0.39, 0.29) is 0 Å². The van der Waals surface area contributed by atoms with Gasteiger partial charge in [-0.1, -0.05) is 53.2 Å². The van der Waals surface area contributed by atoms with Gasteiger partial charge in [0.15, 0.2) is 8.32 Å². The average molecular weight is 293 g/mol. The number of hydrogen-bond acceptors (Lipinski definition) is 1. The maximum Gasteiger partial charge on any atom is 0.199 e. The molecular formula is C18H32OSi. The van der Waals surface area contributed by atoms with Gasteiger partial charge in [0, 0.05) is 0 Å². The van der Waals surface area contributed by atoms with Crippen LogP contribution < -0.4 is 0 Å². The number of fused-ring (bicyclic) bond motifs is 1. The lowest BCUT2D eigenvalue weighted by molar-refractivity contribution is 0.167. The first-order valence-corrected chi connectivity index (χ1v) is 10.7. The molecule has 0 aromatic carbocycles. The quantitative estimate of drug-likeness (QED) is 0.591. The Hall–Kier alpha value is -0.343.